The van der Waals surface area contributed by atoms with Crippen molar-refractivity contribution < 1.29 is 23.8 Å². The summed E-state index contributed by atoms with van der Waals surface area (Å²) < 4.78 is 16.5. The van der Waals surface area contributed by atoms with Crippen molar-refractivity contribution in [3.63, 3.8) is 0 Å². The van der Waals surface area contributed by atoms with E-state index >= 15 is 0 Å². The molecule has 0 fully saturated rings. The molecule has 0 radical (unpaired) electrons. The Morgan fingerprint density at radius 2 is 1.85 bits per heavy atom. The highest BCUT2D eigenvalue weighted by atomic mass is 35.5. The van der Waals surface area contributed by atoms with E-state index in [1.807, 2.05) is 42.3 Å². The predicted octanol–water partition coefficient (Wildman–Crippen LogP) is 4.79. The van der Waals surface area contributed by atoms with Gasteiger partial charge in [-0.3, -0.25) is 9.79 Å². The molecule has 0 saturated heterocycles. The minimum absolute atomic E-state index is 0.0292. The molecule has 0 spiro atoms. The number of ether oxygens (including phenoxy) is 3. The summed E-state index contributed by atoms with van der Waals surface area (Å²) in [7, 11) is 3.21. The number of nitrogen functional groups attached to an aromatic ring is 1. The van der Waals surface area contributed by atoms with Crippen molar-refractivity contribution in [2.24, 2.45) is 10.9 Å². The second-order valence-electron chi connectivity index (χ2n) is 9.40. The van der Waals surface area contributed by atoms with E-state index in [1.54, 1.807) is 38.1 Å². The topological polar surface area (TPSA) is 116 Å². The van der Waals surface area contributed by atoms with Gasteiger partial charge < -0.3 is 24.8 Å². The van der Waals surface area contributed by atoms with Gasteiger partial charge in [0.2, 0.25) is 0 Å². The number of hydrogen-bond acceptors (Lipinski definition) is 9. The maximum Gasteiger partial charge on any atom is 0.336 e. The van der Waals surface area contributed by atoms with Crippen LogP contribution in [0.15, 0.2) is 70.9 Å². The van der Waals surface area contributed by atoms with Crippen LogP contribution in [-0.4, -0.2) is 63.2 Å². The molecule has 1 aliphatic heterocycles. The summed E-state index contributed by atoms with van der Waals surface area (Å²) in [6.07, 6.45) is 0. The molecule has 0 saturated carbocycles. The highest BCUT2D eigenvalue weighted by Gasteiger charge is 2.43. The van der Waals surface area contributed by atoms with Gasteiger partial charge in [-0.05, 0) is 31.5 Å². The number of aliphatic imine (C=N–C) groups is 1. The Morgan fingerprint density at radius 1 is 1.12 bits per heavy atom. The van der Waals surface area contributed by atoms with Gasteiger partial charge in [0.15, 0.2) is 0 Å². The van der Waals surface area contributed by atoms with Crippen LogP contribution in [0.3, 0.4) is 0 Å². The smallest absolute Gasteiger partial charge is 0.336 e. The molecular formula is C30H33ClN4O5. The number of nitrogens with two attached hydrogens (primary N) is 1. The molecule has 4 rings (SSSR count). The summed E-state index contributed by atoms with van der Waals surface area (Å²) in [5.74, 6) is -1.97. The number of para-hydroxylation sites is 1. The van der Waals surface area contributed by atoms with Gasteiger partial charge in [0.1, 0.15) is 11.7 Å². The highest BCUT2D eigenvalue weighted by Crippen LogP contribution is 2.42. The van der Waals surface area contributed by atoms with E-state index < -0.39 is 23.8 Å². The number of aromatic nitrogens is 1. The zero-order valence-electron chi connectivity index (χ0n) is 23.0. The Labute approximate surface area is 238 Å². The van der Waals surface area contributed by atoms with Crippen LogP contribution in [0.25, 0.3) is 10.9 Å². The first-order valence-corrected chi connectivity index (χ1v) is 13.4. The fourth-order valence-electron chi connectivity index (χ4n) is 4.86. The number of methoxy groups -OCH3 is 1. The van der Waals surface area contributed by atoms with E-state index in [4.69, 9.17) is 36.5 Å². The number of halogens is 1. The summed E-state index contributed by atoms with van der Waals surface area (Å²) in [6, 6.07) is 16.6. The lowest BCUT2D eigenvalue weighted by atomic mass is 9.75. The van der Waals surface area contributed by atoms with Crippen LogP contribution >= 0.6 is 11.6 Å². The Morgan fingerprint density at radius 3 is 2.58 bits per heavy atom. The fraction of sp³-hybridized carbons (Fsp3) is 0.333. The van der Waals surface area contributed by atoms with Crippen LogP contribution in [0, 0.1) is 5.92 Å². The molecular weight excluding hydrogens is 532 g/mol. The second kappa shape index (κ2) is 12.9. The second-order valence-corrected chi connectivity index (χ2v) is 9.80. The highest BCUT2D eigenvalue weighted by molar-refractivity contribution is 6.31. The summed E-state index contributed by atoms with van der Waals surface area (Å²) >= 11 is 6.56. The van der Waals surface area contributed by atoms with Gasteiger partial charge in [-0.2, -0.15) is 0 Å². The third-order valence-corrected chi connectivity index (χ3v) is 7.19. The van der Waals surface area contributed by atoms with Crippen molar-refractivity contribution in [1.29, 1.82) is 0 Å². The van der Waals surface area contributed by atoms with Gasteiger partial charge in [-0.1, -0.05) is 48.0 Å². The molecule has 1 aromatic heterocycles. The first-order chi connectivity index (χ1) is 19.3. The molecule has 40 heavy (non-hydrogen) atoms. The van der Waals surface area contributed by atoms with Crippen molar-refractivity contribution in [2.45, 2.75) is 19.8 Å². The SMILES string of the molecule is CCOC(=O)C1=C(COCCN(C)c2cc(N)c3ccccc3n2)N=C(C)C(C(=O)OC)C1c1ccccc1Cl. The number of fused-ring (bicyclic) bond motifs is 1. The van der Waals surface area contributed by atoms with Crippen LogP contribution in [0.4, 0.5) is 11.5 Å². The number of hydrogen-bond donors (Lipinski definition) is 1. The number of anilines is 2. The molecule has 210 valence electrons. The monoisotopic (exact) mass is 564 g/mol. The minimum Gasteiger partial charge on any atom is -0.468 e. The van der Waals surface area contributed by atoms with Crippen molar-refractivity contribution in [2.75, 3.05) is 51.2 Å². The number of likely N-dealkylation sites (N-methyl/N-ethyl adjacent to an activating group) is 1. The third-order valence-electron chi connectivity index (χ3n) is 6.84. The van der Waals surface area contributed by atoms with Gasteiger partial charge in [-0.25, -0.2) is 9.78 Å². The average molecular weight is 565 g/mol. The zero-order valence-corrected chi connectivity index (χ0v) is 23.8. The first kappa shape index (κ1) is 29.0. The van der Waals surface area contributed by atoms with Gasteiger partial charge in [0, 0.05) is 47.4 Å². The molecule has 1 aliphatic rings. The minimum atomic E-state index is -0.844. The summed E-state index contributed by atoms with van der Waals surface area (Å²) in [5.41, 5.74) is 9.42. The predicted molar refractivity (Wildman–Crippen MR) is 157 cm³/mol. The van der Waals surface area contributed by atoms with Crippen LogP contribution in [0.5, 0.6) is 0 Å². The molecule has 0 bridgehead atoms. The maximum atomic E-state index is 13.3. The lowest BCUT2D eigenvalue weighted by molar-refractivity contribution is -0.144. The summed E-state index contributed by atoms with van der Waals surface area (Å²) in [6.45, 7) is 4.46. The van der Waals surface area contributed by atoms with Crippen molar-refractivity contribution in [3.05, 3.63) is 76.5 Å². The molecule has 3 aromatic rings. The van der Waals surface area contributed by atoms with Crippen molar-refractivity contribution in [3.8, 4) is 0 Å². The molecule has 2 N–H and O–H groups in total. The van der Waals surface area contributed by atoms with Crippen LogP contribution in [0.2, 0.25) is 5.02 Å². The van der Waals surface area contributed by atoms with E-state index in [9.17, 15) is 9.59 Å². The normalized spacial score (nSPS) is 17.0. The first-order valence-electron chi connectivity index (χ1n) is 13.0. The Kier molecular flexibility index (Phi) is 9.39. The van der Waals surface area contributed by atoms with Gasteiger partial charge in [0.05, 0.1) is 43.7 Å². The van der Waals surface area contributed by atoms with Crippen LogP contribution in [0.1, 0.15) is 25.3 Å². The molecule has 2 heterocycles. The summed E-state index contributed by atoms with van der Waals surface area (Å²) in [4.78, 5) is 37.5. The van der Waals surface area contributed by atoms with Gasteiger partial charge in [0.25, 0.3) is 0 Å². The van der Waals surface area contributed by atoms with E-state index in [1.165, 1.54) is 7.11 Å². The zero-order chi connectivity index (χ0) is 28.8. The van der Waals surface area contributed by atoms with Crippen LogP contribution in [-0.2, 0) is 23.8 Å². The van der Waals surface area contributed by atoms with E-state index in [-0.39, 0.29) is 18.8 Å². The maximum absolute atomic E-state index is 13.3. The quantitative estimate of drug-likeness (QED) is 0.276. The Bertz CT molecular complexity index is 1470. The average Bonchev–Trinajstić information content (AvgIpc) is 2.94. The molecule has 0 amide bonds. The van der Waals surface area contributed by atoms with E-state index in [0.717, 1.165) is 16.7 Å². The number of pyridine rings is 1. The van der Waals surface area contributed by atoms with E-state index in [0.29, 0.717) is 40.8 Å². The number of esters is 2. The van der Waals surface area contributed by atoms with Gasteiger partial charge in [-0.15, -0.1) is 0 Å². The number of nitrogens with zero attached hydrogens (tertiary/aromatic N) is 3. The molecule has 10 heteroatoms. The van der Waals surface area contributed by atoms with Gasteiger partial charge >= 0.3 is 11.9 Å². The largest absolute Gasteiger partial charge is 0.468 e. The molecule has 2 unspecified atom stereocenters. The molecule has 9 nitrogen and oxygen atoms in total. The Hall–Kier alpha value is -3.95. The lowest BCUT2D eigenvalue weighted by Gasteiger charge is -2.32. The third kappa shape index (κ3) is 6.11. The van der Waals surface area contributed by atoms with Crippen molar-refractivity contribution in [1.82, 2.24) is 4.98 Å². The Balaban J connectivity index is 1.59. The number of carbonyl (C=O) groups excluding carboxylic acids is 2. The number of benzene rings is 2. The summed E-state index contributed by atoms with van der Waals surface area (Å²) in [5, 5.41) is 1.32. The molecule has 2 aromatic carbocycles. The standard InChI is InChI=1S/C30H33ClN4O5/c1-5-40-30(37)28-24(33-18(2)26(29(36)38-4)27(28)19-10-6-8-12-21(19)31)17-39-15-14-35(3)25-16-22(32)20-11-7-9-13-23(20)34-25/h6-13,16,26-27H,5,14-15,17H2,1-4H3,(H2,32,34). The lowest BCUT2D eigenvalue weighted by Crippen LogP contribution is -2.37. The molecule has 2 atom stereocenters. The number of rotatable bonds is 10. The number of carbonyl (C=O) groups is 2. The van der Waals surface area contributed by atoms with E-state index in [2.05, 4.69) is 4.99 Å². The fourth-order valence-corrected chi connectivity index (χ4v) is 5.11. The van der Waals surface area contributed by atoms with Crippen molar-refractivity contribution >= 4 is 51.7 Å². The van der Waals surface area contributed by atoms with Crippen LogP contribution < -0.4 is 10.6 Å². The molecule has 0 aliphatic carbocycles.